The van der Waals surface area contributed by atoms with Crippen molar-refractivity contribution in [3.63, 3.8) is 0 Å². The van der Waals surface area contributed by atoms with Gasteiger partial charge in [0.1, 0.15) is 5.75 Å². The fraction of sp³-hybridized carbons (Fsp3) is 0.296. The van der Waals surface area contributed by atoms with Crippen LogP contribution in [0.5, 0.6) is 5.75 Å². The molecular formula is C27H31N3O2. The first-order valence-electron chi connectivity index (χ1n) is 11.1. The third-order valence-corrected chi connectivity index (χ3v) is 6.20. The Balaban J connectivity index is 1.54. The second-order valence-electron chi connectivity index (χ2n) is 8.43. The summed E-state index contributed by atoms with van der Waals surface area (Å²) in [6.45, 7) is 2.40. The molecule has 0 bridgehead atoms. The molecule has 0 aliphatic carbocycles. The number of nitrogens with zero attached hydrogens (tertiary/aromatic N) is 2. The van der Waals surface area contributed by atoms with Gasteiger partial charge in [0.2, 0.25) is 0 Å². The van der Waals surface area contributed by atoms with Crippen LogP contribution in [0.1, 0.15) is 33.1 Å². The summed E-state index contributed by atoms with van der Waals surface area (Å²) in [5.41, 5.74) is 5.81. The molecule has 3 aromatic rings. The number of fused-ring (bicyclic) bond motifs is 1. The van der Waals surface area contributed by atoms with Crippen LogP contribution < -0.4 is 15.0 Å². The van der Waals surface area contributed by atoms with Gasteiger partial charge >= 0.3 is 0 Å². The molecule has 1 N–H and O–H groups in total. The van der Waals surface area contributed by atoms with Crippen LogP contribution in [0.15, 0.2) is 72.8 Å². The van der Waals surface area contributed by atoms with Crippen LogP contribution in [0, 0.1) is 0 Å². The van der Waals surface area contributed by atoms with Crippen LogP contribution in [-0.4, -0.2) is 45.1 Å². The van der Waals surface area contributed by atoms with Gasteiger partial charge in [-0.25, -0.2) is 0 Å². The van der Waals surface area contributed by atoms with E-state index in [1.165, 1.54) is 22.4 Å². The molecule has 0 radical (unpaired) electrons. The number of methoxy groups -OCH3 is 1. The molecule has 0 unspecified atom stereocenters. The van der Waals surface area contributed by atoms with Crippen LogP contribution in [0.4, 0.5) is 5.69 Å². The highest BCUT2D eigenvalue weighted by atomic mass is 16.5. The molecule has 4 rings (SSSR count). The van der Waals surface area contributed by atoms with E-state index < -0.39 is 0 Å². The number of nitrogens with one attached hydrogen (secondary N) is 1. The van der Waals surface area contributed by atoms with Gasteiger partial charge in [-0.15, -0.1) is 0 Å². The summed E-state index contributed by atoms with van der Waals surface area (Å²) in [5.74, 6) is 0.673. The second kappa shape index (κ2) is 9.88. The van der Waals surface area contributed by atoms with Crippen LogP contribution in [0.25, 0.3) is 0 Å². The number of rotatable bonds is 7. The Kier molecular flexibility index (Phi) is 6.76. The summed E-state index contributed by atoms with van der Waals surface area (Å²) >= 11 is 0. The van der Waals surface area contributed by atoms with E-state index in [1.807, 2.05) is 26.2 Å². The topological polar surface area (TPSA) is 44.8 Å². The zero-order chi connectivity index (χ0) is 22.5. The van der Waals surface area contributed by atoms with Crippen molar-refractivity contribution in [2.24, 2.45) is 0 Å². The van der Waals surface area contributed by atoms with Gasteiger partial charge in [-0.3, -0.25) is 9.69 Å². The fourth-order valence-electron chi connectivity index (χ4n) is 4.27. The first-order valence-corrected chi connectivity index (χ1v) is 11.1. The molecule has 1 atom stereocenters. The maximum Gasteiger partial charge on any atom is 0.251 e. The van der Waals surface area contributed by atoms with Gasteiger partial charge in [0.25, 0.3) is 5.91 Å². The van der Waals surface area contributed by atoms with Crippen molar-refractivity contribution >= 4 is 11.6 Å². The first kappa shape index (κ1) is 21.9. The van der Waals surface area contributed by atoms with E-state index in [0.29, 0.717) is 12.1 Å². The molecule has 5 heteroatoms. The first-order chi connectivity index (χ1) is 15.5. The van der Waals surface area contributed by atoms with E-state index in [0.717, 1.165) is 25.3 Å². The molecule has 32 heavy (non-hydrogen) atoms. The molecule has 3 aromatic carbocycles. The number of carbonyl (C=O) groups excluding carboxylic acids is 1. The quantitative estimate of drug-likeness (QED) is 0.609. The van der Waals surface area contributed by atoms with Crippen LogP contribution in [0.3, 0.4) is 0 Å². The summed E-state index contributed by atoms with van der Waals surface area (Å²) in [5, 5.41) is 3.16. The van der Waals surface area contributed by atoms with Crippen molar-refractivity contribution in [3.8, 4) is 5.75 Å². The van der Waals surface area contributed by atoms with Crippen molar-refractivity contribution in [1.29, 1.82) is 0 Å². The lowest BCUT2D eigenvalue weighted by atomic mass is 9.96. The standard InChI is InChI=1S/C27H31N3O2/c1-29(2)24-12-8-21(9-13-24)26(30-17-16-20-6-4-5-7-23(20)19-30)18-28-27(31)22-10-14-25(32-3)15-11-22/h4-15,26H,16-19H2,1-3H3,(H,28,31)/t26-/m1/s1. The molecule has 1 aliphatic rings. The highest BCUT2D eigenvalue weighted by Crippen LogP contribution is 2.29. The molecule has 0 aromatic heterocycles. The number of hydrogen-bond acceptors (Lipinski definition) is 4. The van der Waals surface area contributed by atoms with E-state index in [2.05, 4.69) is 63.6 Å². The predicted octanol–water partition coefficient (Wildman–Crippen LogP) is 4.29. The van der Waals surface area contributed by atoms with Crippen molar-refractivity contribution < 1.29 is 9.53 Å². The zero-order valence-corrected chi connectivity index (χ0v) is 19.0. The van der Waals surface area contributed by atoms with Gasteiger partial charge in [-0.05, 0) is 59.5 Å². The Morgan fingerprint density at radius 1 is 1.00 bits per heavy atom. The summed E-state index contributed by atoms with van der Waals surface area (Å²) in [6.07, 6.45) is 1.02. The molecule has 0 saturated heterocycles. The Morgan fingerprint density at radius 3 is 2.34 bits per heavy atom. The van der Waals surface area contributed by atoms with E-state index in [9.17, 15) is 4.79 Å². The largest absolute Gasteiger partial charge is 0.497 e. The molecule has 166 valence electrons. The molecule has 0 spiro atoms. The lowest BCUT2D eigenvalue weighted by Crippen LogP contribution is -2.40. The minimum absolute atomic E-state index is 0.0695. The maximum atomic E-state index is 12.8. The number of hydrogen-bond donors (Lipinski definition) is 1. The Hall–Kier alpha value is -3.31. The number of ether oxygens (including phenoxy) is 1. The summed E-state index contributed by atoms with van der Waals surface area (Å²) < 4.78 is 5.20. The normalized spacial score (nSPS) is 14.3. The Morgan fingerprint density at radius 2 is 1.69 bits per heavy atom. The van der Waals surface area contributed by atoms with Crippen molar-refractivity contribution in [2.45, 2.75) is 19.0 Å². The molecule has 5 nitrogen and oxygen atoms in total. The lowest BCUT2D eigenvalue weighted by Gasteiger charge is -2.36. The molecule has 1 heterocycles. The molecular weight excluding hydrogens is 398 g/mol. The molecule has 1 aliphatic heterocycles. The summed E-state index contributed by atoms with van der Waals surface area (Å²) in [7, 11) is 5.71. The second-order valence-corrected chi connectivity index (χ2v) is 8.43. The predicted molar refractivity (Wildman–Crippen MR) is 129 cm³/mol. The average molecular weight is 430 g/mol. The number of benzene rings is 3. The van der Waals surface area contributed by atoms with Gasteiger partial charge in [-0.1, -0.05) is 36.4 Å². The van der Waals surface area contributed by atoms with Crippen LogP contribution in [0.2, 0.25) is 0 Å². The van der Waals surface area contributed by atoms with E-state index in [1.54, 1.807) is 19.2 Å². The van der Waals surface area contributed by atoms with Crippen molar-refractivity contribution in [3.05, 3.63) is 95.1 Å². The van der Waals surface area contributed by atoms with Gasteiger partial charge in [0.15, 0.2) is 0 Å². The molecule has 1 amide bonds. The number of carbonyl (C=O) groups is 1. The zero-order valence-electron chi connectivity index (χ0n) is 19.0. The van der Waals surface area contributed by atoms with E-state index in [-0.39, 0.29) is 11.9 Å². The highest BCUT2D eigenvalue weighted by Gasteiger charge is 2.25. The van der Waals surface area contributed by atoms with Crippen molar-refractivity contribution in [2.75, 3.05) is 39.2 Å². The highest BCUT2D eigenvalue weighted by molar-refractivity contribution is 5.94. The molecule has 0 fully saturated rings. The smallest absolute Gasteiger partial charge is 0.251 e. The van der Waals surface area contributed by atoms with Crippen LogP contribution in [-0.2, 0) is 13.0 Å². The fourth-order valence-corrected chi connectivity index (χ4v) is 4.27. The molecule has 0 saturated carbocycles. The van der Waals surface area contributed by atoms with Gasteiger partial charge < -0.3 is 15.0 Å². The average Bonchev–Trinajstić information content (AvgIpc) is 2.84. The van der Waals surface area contributed by atoms with E-state index in [4.69, 9.17) is 4.74 Å². The number of anilines is 1. The summed E-state index contributed by atoms with van der Waals surface area (Å²) in [6, 6.07) is 24.6. The third-order valence-electron chi connectivity index (χ3n) is 6.20. The van der Waals surface area contributed by atoms with Gasteiger partial charge in [-0.2, -0.15) is 0 Å². The maximum absolute atomic E-state index is 12.8. The van der Waals surface area contributed by atoms with Gasteiger partial charge in [0.05, 0.1) is 13.2 Å². The minimum atomic E-state index is -0.0695. The SMILES string of the molecule is COc1ccc(C(=O)NC[C@H](c2ccc(N(C)C)cc2)N2CCc3ccccc3C2)cc1. The lowest BCUT2D eigenvalue weighted by molar-refractivity contribution is 0.0927. The monoisotopic (exact) mass is 429 g/mol. The number of amides is 1. The third kappa shape index (κ3) is 4.94. The minimum Gasteiger partial charge on any atom is -0.497 e. The van der Waals surface area contributed by atoms with Gasteiger partial charge in [0, 0.05) is 45.0 Å². The van der Waals surface area contributed by atoms with Crippen LogP contribution >= 0.6 is 0 Å². The summed E-state index contributed by atoms with van der Waals surface area (Å²) in [4.78, 5) is 17.4. The Labute approximate surface area is 190 Å². The van der Waals surface area contributed by atoms with Crippen molar-refractivity contribution in [1.82, 2.24) is 10.2 Å². The van der Waals surface area contributed by atoms with E-state index >= 15 is 0 Å². The Bertz CT molecular complexity index is 1050.